The highest BCUT2D eigenvalue weighted by Gasteiger charge is 2.23. The Morgan fingerprint density at radius 2 is 1.40 bits per heavy atom. The van der Waals surface area contributed by atoms with E-state index in [2.05, 4.69) is 183 Å². The topological polar surface area (TPSA) is 3.24 Å². The smallest absolute Gasteiger partial charge is 0.0464 e. The fraction of sp³-hybridized carbons (Fsp3) is 0.192. The molecule has 6 aromatic carbocycles. The van der Waals surface area contributed by atoms with Gasteiger partial charge in [0.1, 0.15) is 0 Å². The summed E-state index contributed by atoms with van der Waals surface area (Å²) in [5, 5.41) is 5.20. The maximum absolute atomic E-state index is 2.55. The minimum absolute atomic E-state index is 0.350. The molecule has 1 nitrogen and oxygen atoms in total. The summed E-state index contributed by atoms with van der Waals surface area (Å²) in [5.41, 5.74) is 14.5. The molecule has 0 aliphatic heterocycles. The molecule has 260 valence electrons. The van der Waals surface area contributed by atoms with Gasteiger partial charge in [0.15, 0.2) is 0 Å². The van der Waals surface area contributed by atoms with E-state index in [0.717, 1.165) is 32.1 Å². The van der Waals surface area contributed by atoms with E-state index >= 15 is 0 Å². The highest BCUT2D eigenvalue weighted by atomic mass is 15.2. The molecule has 1 heteroatoms. The molecule has 0 saturated heterocycles. The van der Waals surface area contributed by atoms with Crippen molar-refractivity contribution in [3.8, 4) is 22.3 Å². The molecule has 53 heavy (non-hydrogen) atoms. The molecule has 3 aliphatic rings. The third kappa shape index (κ3) is 6.73. The largest absolute Gasteiger partial charge is 0.314 e. The first-order chi connectivity index (χ1) is 26.1. The van der Waals surface area contributed by atoms with Crippen LogP contribution < -0.4 is 4.90 Å². The third-order valence-electron chi connectivity index (χ3n) is 11.5. The molecule has 2 unspecified atom stereocenters. The van der Waals surface area contributed by atoms with Crippen LogP contribution in [0.2, 0.25) is 0 Å². The molecule has 0 N–H and O–H groups in total. The highest BCUT2D eigenvalue weighted by Crippen LogP contribution is 2.41. The monoisotopic (exact) mass is 685 g/mol. The van der Waals surface area contributed by atoms with E-state index in [-0.39, 0.29) is 0 Å². The van der Waals surface area contributed by atoms with Crippen LogP contribution >= 0.6 is 0 Å². The standard InChI is InChI=1S/C52H47N/c1-36-12-6-7-13-37(2)30-46(25-20-36)53(47-26-23-38-14-8-9-17-40(38)32-47)48-27-29-50-45(33-48)22-21-43-31-44(24-28-49(43)50)52-35-42-19-11-10-18-41(42)34-51(52)39-15-4-3-5-16-39/h3-5,7,9-11,13,15-26,28,30-37H,6,8,12,14,27,29H2,1-2H3/b13-7-,25-20-,46-30+. The van der Waals surface area contributed by atoms with Gasteiger partial charge >= 0.3 is 0 Å². The van der Waals surface area contributed by atoms with E-state index in [0.29, 0.717) is 11.8 Å². The molecule has 3 aliphatic carbocycles. The number of hydrogen-bond acceptors (Lipinski definition) is 1. The van der Waals surface area contributed by atoms with Gasteiger partial charge in [-0.15, -0.1) is 0 Å². The zero-order valence-electron chi connectivity index (χ0n) is 30.9. The van der Waals surface area contributed by atoms with Crippen LogP contribution in [-0.2, 0) is 12.8 Å². The Kier molecular flexibility index (Phi) is 9.02. The molecular formula is C52H47N. The minimum Gasteiger partial charge on any atom is -0.314 e. The molecule has 0 saturated carbocycles. The van der Waals surface area contributed by atoms with Gasteiger partial charge < -0.3 is 4.90 Å². The molecule has 0 fully saturated rings. The van der Waals surface area contributed by atoms with E-state index in [4.69, 9.17) is 0 Å². The lowest BCUT2D eigenvalue weighted by atomic mass is 9.87. The Labute approximate surface area is 315 Å². The number of aryl methyl sites for hydroxylation is 2. The van der Waals surface area contributed by atoms with E-state index in [9.17, 15) is 0 Å². The zero-order valence-corrected chi connectivity index (χ0v) is 30.9. The van der Waals surface area contributed by atoms with Gasteiger partial charge in [0.2, 0.25) is 0 Å². The quantitative estimate of drug-likeness (QED) is 0.163. The highest BCUT2D eigenvalue weighted by molar-refractivity contribution is 5.99. The van der Waals surface area contributed by atoms with Crippen LogP contribution in [0, 0.1) is 11.8 Å². The Bertz CT molecular complexity index is 2490. The number of anilines is 1. The number of nitrogens with zero attached hydrogens (tertiary/aromatic N) is 1. The second-order valence-corrected chi connectivity index (χ2v) is 15.3. The van der Waals surface area contributed by atoms with Gasteiger partial charge in [0.05, 0.1) is 0 Å². The van der Waals surface area contributed by atoms with Crippen molar-refractivity contribution in [1.82, 2.24) is 0 Å². The first-order valence-corrected chi connectivity index (χ1v) is 19.6. The lowest BCUT2D eigenvalue weighted by molar-refractivity contribution is 0.654. The lowest BCUT2D eigenvalue weighted by Gasteiger charge is -2.33. The van der Waals surface area contributed by atoms with E-state index in [1.165, 1.54) is 89.6 Å². The number of fused-ring (bicyclic) bond motifs is 5. The van der Waals surface area contributed by atoms with Gasteiger partial charge in [-0.25, -0.2) is 0 Å². The average Bonchev–Trinajstić information content (AvgIpc) is 3.21. The van der Waals surface area contributed by atoms with Crippen molar-refractivity contribution in [2.75, 3.05) is 4.90 Å². The normalized spacial score (nSPS) is 20.5. The summed E-state index contributed by atoms with van der Waals surface area (Å²) in [6.07, 6.45) is 25.7. The van der Waals surface area contributed by atoms with E-state index in [1.807, 2.05) is 0 Å². The molecule has 0 aromatic heterocycles. The van der Waals surface area contributed by atoms with E-state index < -0.39 is 0 Å². The van der Waals surface area contributed by atoms with Crippen LogP contribution in [0.3, 0.4) is 0 Å². The molecule has 0 bridgehead atoms. The summed E-state index contributed by atoms with van der Waals surface area (Å²) in [7, 11) is 0. The Hall–Kier alpha value is -5.66. The Morgan fingerprint density at radius 3 is 2.25 bits per heavy atom. The van der Waals surface area contributed by atoms with Crippen molar-refractivity contribution in [3.63, 3.8) is 0 Å². The van der Waals surface area contributed by atoms with Crippen LogP contribution in [0.15, 0.2) is 163 Å². The van der Waals surface area contributed by atoms with Crippen molar-refractivity contribution in [2.24, 2.45) is 11.8 Å². The SMILES string of the molecule is CC1/C=C\CCC(C)/C=C\C(N(C2=Cc3ccc4cc(-c5cc6ccccc6cc5-c5ccccc5)ccc4c3CC2)c2ccc3c(c2)C=CCC3)=C/1. The second-order valence-electron chi connectivity index (χ2n) is 15.3. The number of hydrogen-bond donors (Lipinski definition) is 0. The first kappa shape index (κ1) is 33.2. The van der Waals surface area contributed by atoms with Crippen LogP contribution in [0.5, 0.6) is 0 Å². The molecule has 9 rings (SSSR count). The lowest BCUT2D eigenvalue weighted by Crippen LogP contribution is -2.24. The predicted molar refractivity (Wildman–Crippen MR) is 229 cm³/mol. The molecule has 0 spiro atoms. The van der Waals surface area contributed by atoms with Crippen molar-refractivity contribution in [2.45, 2.75) is 52.4 Å². The van der Waals surface area contributed by atoms with Gasteiger partial charge in [0.25, 0.3) is 0 Å². The summed E-state index contributed by atoms with van der Waals surface area (Å²) in [4.78, 5) is 2.55. The van der Waals surface area contributed by atoms with Crippen molar-refractivity contribution in [3.05, 3.63) is 185 Å². The average molecular weight is 686 g/mol. The molecule has 6 aromatic rings. The van der Waals surface area contributed by atoms with Crippen LogP contribution in [0.4, 0.5) is 5.69 Å². The number of allylic oxidation sites excluding steroid dienone is 7. The molecular weight excluding hydrogens is 639 g/mol. The molecule has 2 atom stereocenters. The zero-order chi connectivity index (χ0) is 35.7. The Balaban J connectivity index is 1.14. The van der Waals surface area contributed by atoms with Gasteiger partial charge in [-0.2, -0.15) is 0 Å². The predicted octanol–water partition coefficient (Wildman–Crippen LogP) is 14.1. The molecule has 0 amide bonds. The summed E-state index contributed by atoms with van der Waals surface area (Å²) in [6, 6.07) is 43.2. The van der Waals surface area contributed by atoms with Crippen molar-refractivity contribution < 1.29 is 0 Å². The fourth-order valence-corrected chi connectivity index (χ4v) is 8.60. The number of rotatable bonds is 5. The van der Waals surface area contributed by atoms with Gasteiger partial charge in [-0.3, -0.25) is 0 Å². The Morgan fingerprint density at radius 1 is 0.585 bits per heavy atom. The van der Waals surface area contributed by atoms with Gasteiger partial charge in [-0.1, -0.05) is 135 Å². The van der Waals surface area contributed by atoms with Crippen LogP contribution in [0.25, 0.3) is 56.0 Å². The van der Waals surface area contributed by atoms with Gasteiger partial charge in [0, 0.05) is 17.1 Å². The second kappa shape index (κ2) is 14.4. The summed E-state index contributed by atoms with van der Waals surface area (Å²) in [6.45, 7) is 4.66. The maximum Gasteiger partial charge on any atom is 0.0464 e. The van der Waals surface area contributed by atoms with Crippen molar-refractivity contribution >= 4 is 39.4 Å². The van der Waals surface area contributed by atoms with Crippen molar-refractivity contribution in [1.29, 1.82) is 0 Å². The summed E-state index contributed by atoms with van der Waals surface area (Å²) in [5.74, 6) is 0.878. The summed E-state index contributed by atoms with van der Waals surface area (Å²) < 4.78 is 0. The minimum atomic E-state index is 0.350. The number of benzene rings is 6. The third-order valence-corrected chi connectivity index (χ3v) is 11.5. The first-order valence-electron chi connectivity index (χ1n) is 19.6. The fourth-order valence-electron chi connectivity index (χ4n) is 8.60. The maximum atomic E-state index is 2.55. The van der Waals surface area contributed by atoms with Crippen LogP contribution in [-0.4, -0.2) is 0 Å². The summed E-state index contributed by atoms with van der Waals surface area (Å²) >= 11 is 0. The van der Waals surface area contributed by atoms with Gasteiger partial charge in [-0.05, 0) is 159 Å². The molecule has 0 heterocycles. The molecule has 0 radical (unpaired) electrons. The van der Waals surface area contributed by atoms with E-state index in [1.54, 1.807) is 0 Å². The van der Waals surface area contributed by atoms with Crippen LogP contribution in [0.1, 0.15) is 61.8 Å².